The normalized spacial score (nSPS) is 12.4. The van der Waals surface area contributed by atoms with Crippen molar-refractivity contribution in [1.29, 1.82) is 0 Å². The zero-order chi connectivity index (χ0) is 13.4. The minimum Gasteiger partial charge on any atom is -0.477 e. The number of sulfonamides is 1. The van der Waals surface area contributed by atoms with Crippen LogP contribution in [0.3, 0.4) is 0 Å². The first-order valence-electron chi connectivity index (χ1n) is 4.97. The van der Waals surface area contributed by atoms with Crippen LogP contribution in [0.15, 0.2) is 10.3 Å². The number of carboxylic acids is 1. The standard InChI is InChI=1S/C10H15NO4S2/c1-6(2)7-5-8(16-9(7)10(12)13)17(14,15)11(3)4/h5-6H,1-4H3,(H,12,13). The molecule has 1 aromatic rings. The van der Waals surface area contributed by atoms with Crippen LogP contribution in [0.5, 0.6) is 0 Å². The number of thiophene rings is 1. The van der Waals surface area contributed by atoms with Crippen molar-refractivity contribution in [3.05, 3.63) is 16.5 Å². The lowest BCUT2D eigenvalue weighted by Crippen LogP contribution is -2.21. The Labute approximate surface area is 105 Å². The molecule has 0 amide bonds. The molecule has 5 nitrogen and oxygen atoms in total. The highest BCUT2D eigenvalue weighted by atomic mass is 32.2. The molecule has 0 aliphatic carbocycles. The molecule has 0 aromatic carbocycles. The molecule has 1 heterocycles. The Morgan fingerprint density at radius 3 is 2.24 bits per heavy atom. The van der Waals surface area contributed by atoms with Crippen molar-refractivity contribution in [1.82, 2.24) is 4.31 Å². The van der Waals surface area contributed by atoms with Crippen molar-refractivity contribution in [2.45, 2.75) is 24.0 Å². The Morgan fingerprint density at radius 1 is 1.41 bits per heavy atom. The zero-order valence-electron chi connectivity index (χ0n) is 10.1. The molecule has 0 bridgehead atoms. The first kappa shape index (κ1) is 14.1. The van der Waals surface area contributed by atoms with E-state index in [0.29, 0.717) is 5.56 Å². The highest BCUT2D eigenvalue weighted by Gasteiger charge is 2.25. The molecule has 0 radical (unpaired) electrons. The molecule has 0 saturated heterocycles. The minimum absolute atomic E-state index is 0.0246. The van der Waals surface area contributed by atoms with Gasteiger partial charge in [0.05, 0.1) is 0 Å². The first-order valence-corrected chi connectivity index (χ1v) is 7.23. The fourth-order valence-electron chi connectivity index (χ4n) is 1.28. The summed E-state index contributed by atoms with van der Waals surface area (Å²) in [5.74, 6) is -1.11. The van der Waals surface area contributed by atoms with Crippen LogP contribution >= 0.6 is 11.3 Å². The van der Waals surface area contributed by atoms with Crippen LogP contribution in [0.2, 0.25) is 0 Å². The lowest BCUT2D eigenvalue weighted by molar-refractivity contribution is 0.0700. The van der Waals surface area contributed by atoms with Gasteiger partial charge >= 0.3 is 5.97 Å². The van der Waals surface area contributed by atoms with E-state index in [1.54, 1.807) is 0 Å². The molecule has 0 atom stereocenters. The smallest absolute Gasteiger partial charge is 0.346 e. The minimum atomic E-state index is -3.56. The second kappa shape index (κ2) is 4.75. The van der Waals surface area contributed by atoms with E-state index in [9.17, 15) is 13.2 Å². The van der Waals surface area contributed by atoms with Crippen molar-refractivity contribution < 1.29 is 18.3 Å². The second-order valence-electron chi connectivity index (χ2n) is 4.10. The topological polar surface area (TPSA) is 74.7 Å². The van der Waals surface area contributed by atoms with Gasteiger partial charge in [-0.05, 0) is 17.5 Å². The quantitative estimate of drug-likeness (QED) is 0.911. The summed E-state index contributed by atoms with van der Waals surface area (Å²) in [5.41, 5.74) is 0.558. The third kappa shape index (κ3) is 2.67. The molecule has 0 unspecified atom stereocenters. The summed E-state index contributed by atoms with van der Waals surface area (Å²) in [6.45, 7) is 3.67. The summed E-state index contributed by atoms with van der Waals surface area (Å²) < 4.78 is 24.9. The van der Waals surface area contributed by atoms with Crippen LogP contribution in [0.1, 0.15) is 35.0 Å². The van der Waals surface area contributed by atoms with E-state index in [1.807, 2.05) is 13.8 Å². The average Bonchev–Trinajstić information content (AvgIpc) is 2.61. The summed E-state index contributed by atoms with van der Waals surface area (Å²) in [6, 6.07) is 1.45. The maximum atomic E-state index is 11.9. The van der Waals surface area contributed by atoms with Gasteiger partial charge in [-0.3, -0.25) is 0 Å². The van der Waals surface area contributed by atoms with Gasteiger partial charge in [0.1, 0.15) is 9.09 Å². The van der Waals surface area contributed by atoms with E-state index in [0.717, 1.165) is 15.6 Å². The highest BCUT2D eigenvalue weighted by molar-refractivity contribution is 7.91. The van der Waals surface area contributed by atoms with Gasteiger partial charge in [0.15, 0.2) is 0 Å². The number of carboxylic acid groups (broad SMARTS) is 1. The molecule has 0 aliphatic heterocycles. The number of hydrogen-bond donors (Lipinski definition) is 1. The van der Waals surface area contributed by atoms with Crippen molar-refractivity contribution >= 4 is 27.3 Å². The van der Waals surface area contributed by atoms with Crippen molar-refractivity contribution in [3.8, 4) is 0 Å². The Kier molecular flexibility index (Phi) is 3.95. The molecule has 0 saturated carbocycles. The van der Waals surface area contributed by atoms with Crippen LogP contribution in [0.25, 0.3) is 0 Å². The van der Waals surface area contributed by atoms with Gasteiger partial charge in [-0.2, -0.15) is 0 Å². The molecular weight excluding hydrogens is 262 g/mol. The molecule has 0 spiro atoms. The van der Waals surface area contributed by atoms with Gasteiger partial charge in [0, 0.05) is 14.1 Å². The van der Waals surface area contributed by atoms with Gasteiger partial charge in [-0.15, -0.1) is 11.3 Å². The Hall–Kier alpha value is -0.920. The summed E-state index contributed by atoms with van der Waals surface area (Å²) in [4.78, 5) is 11.1. The monoisotopic (exact) mass is 277 g/mol. The fraction of sp³-hybridized carbons (Fsp3) is 0.500. The van der Waals surface area contributed by atoms with Crippen LogP contribution in [-0.4, -0.2) is 37.9 Å². The number of hydrogen-bond acceptors (Lipinski definition) is 4. The van der Waals surface area contributed by atoms with Crippen LogP contribution in [-0.2, 0) is 10.0 Å². The largest absolute Gasteiger partial charge is 0.477 e. The Bertz CT molecular complexity index is 529. The van der Waals surface area contributed by atoms with E-state index in [2.05, 4.69) is 0 Å². The molecule has 1 aromatic heterocycles. The number of carbonyl (C=O) groups is 1. The lowest BCUT2D eigenvalue weighted by atomic mass is 10.0. The molecule has 7 heteroatoms. The second-order valence-corrected chi connectivity index (χ2v) is 7.53. The van der Waals surface area contributed by atoms with Crippen LogP contribution < -0.4 is 0 Å². The van der Waals surface area contributed by atoms with Crippen LogP contribution in [0, 0.1) is 0 Å². The van der Waals surface area contributed by atoms with E-state index < -0.39 is 16.0 Å². The molecule has 1 N–H and O–H groups in total. The fourth-order valence-corrected chi connectivity index (χ4v) is 3.93. The van der Waals surface area contributed by atoms with Crippen LogP contribution in [0.4, 0.5) is 0 Å². The number of aromatic carboxylic acids is 1. The maximum Gasteiger partial charge on any atom is 0.346 e. The summed E-state index contributed by atoms with van der Waals surface area (Å²) in [6.07, 6.45) is 0. The third-order valence-corrected chi connectivity index (χ3v) is 5.69. The Balaban J connectivity index is 3.41. The van der Waals surface area contributed by atoms with Crippen molar-refractivity contribution in [2.24, 2.45) is 0 Å². The molecular formula is C10H15NO4S2. The number of rotatable bonds is 4. The number of nitrogens with zero attached hydrogens (tertiary/aromatic N) is 1. The summed E-state index contributed by atoms with van der Waals surface area (Å²) in [5, 5.41) is 9.03. The Morgan fingerprint density at radius 2 is 1.94 bits per heavy atom. The van der Waals surface area contributed by atoms with Gasteiger partial charge in [-0.1, -0.05) is 13.8 Å². The van der Waals surface area contributed by atoms with Gasteiger partial charge in [-0.25, -0.2) is 17.5 Å². The molecule has 17 heavy (non-hydrogen) atoms. The molecule has 1 rings (SSSR count). The lowest BCUT2D eigenvalue weighted by Gasteiger charge is -2.08. The highest BCUT2D eigenvalue weighted by Crippen LogP contribution is 2.32. The third-order valence-electron chi connectivity index (χ3n) is 2.29. The predicted molar refractivity (Wildman–Crippen MR) is 66.2 cm³/mol. The predicted octanol–water partition coefficient (Wildman–Crippen LogP) is 1.82. The van der Waals surface area contributed by atoms with E-state index in [4.69, 9.17) is 5.11 Å². The van der Waals surface area contributed by atoms with E-state index in [1.165, 1.54) is 20.2 Å². The average molecular weight is 277 g/mol. The summed E-state index contributed by atoms with van der Waals surface area (Å²) >= 11 is 0.802. The maximum absolute atomic E-state index is 11.9. The van der Waals surface area contributed by atoms with E-state index in [-0.39, 0.29) is 15.0 Å². The van der Waals surface area contributed by atoms with E-state index >= 15 is 0 Å². The van der Waals surface area contributed by atoms with Gasteiger partial charge < -0.3 is 5.11 Å². The van der Waals surface area contributed by atoms with Gasteiger partial charge in [0.2, 0.25) is 0 Å². The SMILES string of the molecule is CC(C)c1cc(S(=O)(=O)N(C)C)sc1C(=O)O. The molecule has 0 aliphatic rings. The zero-order valence-corrected chi connectivity index (χ0v) is 11.7. The van der Waals surface area contributed by atoms with Crippen molar-refractivity contribution in [2.75, 3.05) is 14.1 Å². The molecule has 0 fully saturated rings. The van der Waals surface area contributed by atoms with Crippen molar-refractivity contribution in [3.63, 3.8) is 0 Å². The molecule has 96 valence electrons. The first-order chi connectivity index (χ1) is 7.67. The summed E-state index contributed by atoms with van der Waals surface area (Å²) in [7, 11) is -0.715. The van der Waals surface area contributed by atoms with Gasteiger partial charge in [0.25, 0.3) is 10.0 Å².